The number of fused-ring (bicyclic) bond motifs is 1. The number of hydrogen-bond donors (Lipinski definition) is 0. The van der Waals surface area contributed by atoms with Crippen LogP contribution in [-0.4, -0.2) is 46.9 Å². The molecule has 2 aromatic rings. The highest BCUT2D eigenvalue weighted by Gasteiger charge is 2.36. The van der Waals surface area contributed by atoms with Crippen molar-refractivity contribution in [3.63, 3.8) is 0 Å². The second kappa shape index (κ2) is 8.65. The molecule has 2 amide bonds. The lowest BCUT2D eigenvalue weighted by molar-refractivity contribution is -0.119. The number of nitrogens with zero attached hydrogens (tertiary/aromatic N) is 4. The molecule has 7 heteroatoms. The van der Waals surface area contributed by atoms with Gasteiger partial charge in [-0.3, -0.25) is 14.5 Å². The molecule has 31 heavy (non-hydrogen) atoms. The first-order valence-electron chi connectivity index (χ1n) is 11.0. The van der Waals surface area contributed by atoms with Crippen molar-refractivity contribution in [2.45, 2.75) is 52.5 Å². The van der Waals surface area contributed by atoms with Gasteiger partial charge >= 0.3 is 0 Å². The van der Waals surface area contributed by atoms with E-state index in [9.17, 15) is 9.59 Å². The third-order valence-electron chi connectivity index (χ3n) is 6.05. The molecule has 7 nitrogen and oxygen atoms in total. The zero-order valence-corrected chi connectivity index (χ0v) is 18.7. The number of rotatable bonds is 5. The molecule has 0 radical (unpaired) electrons. The topological polar surface area (TPSA) is 75.6 Å². The second-order valence-electron chi connectivity index (χ2n) is 8.72. The van der Waals surface area contributed by atoms with Crippen LogP contribution in [0.3, 0.4) is 0 Å². The minimum Gasteiger partial charge on any atom is -0.496 e. The molecule has 1 atom stereocenters. The molecule has 0 aliphatic carbocycles. The summed E-state index contributed by atoms with van der Waals surface area (Å²) in [5.41, 5.74) is 2.49. The van der Waals surface area contributed by atoms with Gasteiger partial charge in [0, 0.05) is 30.8 Å². The smallest absolute Gasteiger partial charge is 0.258 e. The number of ether oxygens (including phenoxy) is 1. The number of aryl methyl sites for hydroxylation is 1. The van der Waals surface area contributed by atoms with Crippen molar-refractivity contribution in [1.82, 2.24) is 14.9 Å². The SMILES string of the molecule is COc1ccccc1C(=O)N1CCC[C@H]1c1nc(C)c2c(n1)N(CC(C)C)C(=O)CC2. The van der Waals surface area contributed by atoms with Gasteiger partial charge in [-0.25, -0.2) is 9.97 Å². The Morgan fingerprint density at radius 3 is 2.74 bits per heavy atom. The van der Waals surface area contributed by atoms with Gasteiger partial charge in [-0.1, -0.05) is 26.0 Å². The minimum atomic E-state index is -0.209. The molecule has 3 heterocycles. The third-order valence-corrected chi connectivity index (χ3v) is 6.05. The van der Waals surface area contributed by atoms with Crippen LogP contribution < -0.4 is 9.64 Å². The maximum atomic E-state index is 13.4. The summed E-state index contributed by atoms with van der Waals surface area (Å²) < 4.78 is 5.40. The zero-order chi connectivity index (χ0) is 22.1. The van der Waals surface area contributed by atoms with Gasteiger partial charge in [-0.2, -0.15) is 0 Å². The number of aromatic nitrogens is 2. The molecule has 0 bridgehead atoms. The molecule has 0 spiro atoms. The first-order valence-corrected chi connectivity index (χ1v) is 11.0. The van der Waals surface area contributed by atoms with Crippen molar-refractivity contribution < 1.29 is 14.3 Å². The Morgan fingerprint density at radius 2 is 2.00 bits per heavy atom. The number of amides is 2. The van der Waals surface area contributed by atoms with Gasteiger partial charge in [-0.15, -0.1) is 0 Å². The quantitative estimate of drug-likeness (QED) is 0.734. The number of carbonyl (C=O) groups excluding carboxylic acids is 2. The highest BCUT2D eigenvalue weighted by Crippen LogP contribution is 2.36. The van der Waals surface area contributed by atoms with E-state index in [1.165, 1.54) is 0 Å². The van der Waals surface area contributed by atoms with Crippen LogP contribution in [0.25, 0.3) is 0 Å². The average molecular weight is 423 g/mol. The molecule has 2 aliphatic rings. The van der Waals surface area contributed by atoms with Gasteiger partial charge in [0.2, 0.25) is 5.91 Å². The van der Waals surface area contributed by atoms with Gasteiger partial charge in [0.25, 0.3) is 5.91 Å². The molecule has 0 unspecified atom stereocenters. The number of carbonyl (C=O) groups is 2. The summed E-state index contributed by atoms with van der Waals surface area (Å²) in [6.07, 6.45) is 2.85. The highest BCUT2D eigenvalue weighted by molar-refractivity contribution is 5.97. The lowest BCUT2D eigenvalue weighted by Crippen LogP contribution is -2.40. The molecular weight excluding hydrogens is 392 g/mol. The summed E-state index contributed by atoms with van der Waals surface area (Å²) >= 11 is 0. The molecule has 1 aromatic heterocycles. The summed E-state index contributed by atoms with van der Waals surface area (Å²) in [6.45, 7) is 7.46. The zero-order valence-electron chi connectivity index (χ0n) is 18.7. The van der Waals surface area contributed by atoms with Gasteiger partial charge in [0.1, 0.15) is 11.6 Å². The van der Waals surface area contributed by atoms with Crippen LogP contribution in [0.4, 0.5) is 5.82 Å². The summed E-state index contributed by atoms with van der Waals surface area (Å²) in [5, 5.41) is 0. The normalized spacial score (nSPS) is 18.5. The second-order valence-corrected chi connectivity index (χ2v) is 8.72. The Bertz CT molecular complexity index is 1000. The van der Waals surface area contributed by atoms with Gasteiger partial charge in [-0.05, 0) is 44.2 Å². The Hall–Kier alpha value is -2.96. The van der Waals surface area contributed by atoms with Crippen LogP contribution in [0.2, 0.25) is 0 Å². The fraction of sp³-hybridized carbons (Fsp3) is 0.500. The Labute approximate surface area is 183 Å². The lowest BCUT2D eigenvalue weighted by Gasteiger charge is -2.32. The minimum absolute atomic E-state index is 0.0750. The molecule has 2 aliphatic heterocycles. The molecule has 0 N–H and O–H groups in total. The molecule has 164 valence electrons. The first kappa shape index (κ1) is 21.3. The Kier molecular flexibility index (Phi) is 5.94. The summed E-state index contributed by atoms with van der Waals surface area (Å²) in [4.78, 5) is 39.4. The lowest BCUT2D eigenvalue weighted by atomic mass is 10.0. The van der Waals surface area contributed by atoms with Crippen LogP contribution in [-0.2, 0) is 11.2 Å². The third kappa shape index (κ3) is 4.01. The van der Waals surface area contributed by atoms with E-state index >= 15 is 0 Å². The number of para-hydroxylation sites is 1. The number of hydrogen-bond acceptors (Lipinski definition) is 5. The predicted molar refractivity (Wildman–Crippen MR) is 118 cm³/mol. The number of anilines is 1. The fourth-order valence-corrected chi connectivity index (χ4v) is 4.56. The molecule has 1 saturated heterocycles. The van der Waals surface area contributed by atoms with Crippen LogP contribution in [0.15, 0.2) is 24.3 Å². The summed E-state index contributed by atoms with van der Waals surface area (Å²) in [5.74, 6) is 2.29. The molecule has 1 aromatic carbocycles. The van der Waals surface area contributed by atoms with Crippen molar-refractivity contribution >= 4 is 17.6 Å². The molecule has 0 saturated carbocycles. The van der Waals surface area contributed by atoms with E-state index < -0.39 is 0 Å². The monoisotopic (exact) mass is 422 g/mol. The maximum absolute atomic E-state index is 13.4. The molecule has 1 fully saturated rings. The number of benzene rings is 1. The standard InChI is InChI=1S/C24H30N4O3/c1-15(2)14-28-21(29)12-11-17-16(3)25-22(26-23(17)28)19-9-7-13-27(19)24(30)18-8-5-6-10-20(18)31-4/h5-6,8,10,15,19H,7,9,11-14H2,1-4H3/t19-/m0/s1. The van der Waals surface area contributed by atoms with E-state index in [2.05, 4.69) is 13.8 Å². The van der Waals surface area contributed by atoms with E-state index in [0.29, 0.717) is 49.0 Å². The summed E-state index contributed by atoms with van der Waals surface area (Å²) in [7, 11) is 1.57. The number of methoxy groups -OCH3 is 1. The number of likely N-dealkylation sites (tertiary alicyclic amines) is 1. The van der Waals surface area contributed by atoms with Crippen molar-refractivity contribution in [2.24, 2.45) is 5.92 Å². The van der Waals surface area contributed by atoms with E-state index in [1.54, 1.807) is 19.2 Å². The average Bonchev–Trinajstić information content (AvgIpc) is 3.25. The van der Waals surface area contributed by atoms with Gasteiger partial charge < -0.3 is 9.64 Å². The predicted octanol–water partition coefficient (Wildman–Crippen LogP) is 3.71. The molecule has 4 rings (SSSR count). The van der Waals surface area contributed by atoms with Crippen molar-refractivity contribution in [3.8, 4) is 5.75 Å². The van der Waals surface area contributed by atoms with Crippen LogP contribution >= 0.6 is 0 Å². The van der Waals surface area contributed by atoms with E-state index in [1.807, 2.05) is 28.9 Å². The van der Waals surface area contributed by atoms with Crippen molar-refractivity contribution in [2.75, 3.05) is 25.1 Å². The molecular formula is C24H30N4O3. The van der Waals surface area contributed by atoms with Crippen LogP contribution in [0.5, 0.6) is 5.75 Å². The van der Waals surface area contributed by atoms with Crippen molar-refractivity contribution in [1.29, 1.82) is 0 Å². The summed E-state index contributed by atoms with van der Waals surface area (Å²) in [6, 6.07) is 7.08. The van der Waals surface area contributed by atoms with Crippen molar-refractivity contribution in [3.05, 3.63) is 46.9 Å². The first-order chi connectivity index (χ1) is 14.9. The van der Waals surface area contributed by atoms with E-state index in [-0.39, 0.29) is 17.9 Å². The maximum Gasteiger partial charge on any atom is 0.258 e. The van der Waals surface area contributed by atoms with Gasteiger partial charge in [0.15, 0.2) is 5.82 Å². The highest BCUT2D eigenvalue weighted by atomic mass is 16.5. The fourth-order valence-electron chi connectivity index (χ4n) is 4.56. The van der Waals surface area contributed by atoms with Crippen LogP contribution in [0.1, 0.15) is 66.6 Å². The largest absolute Gasteiger partial charge is 0.496 e. The Balaban J connectivity index is 1.71. The Morgan fingerprint density at radius 1 is 1.23 bits per heavy atom. The van der Waals surface area contributed by atoms with E-state index in [4.69, 9.17) is 14.7 Å². The van der Waals surface area contributed by atoms with Crippen LogP contribution in [0, 0.1) is 12.8 Å². The van der Waals surface area contributed by atoms with E-state index in [0.717, 1.165) is 29.9 Å². The van der Waals surface area contributed by atoms with Gasteiger partial charge in [0.05, 0.1) is 18.7 Å².